The largest absolute Gasteiger partial charge is 0.504 e. The van der Waals surface area contributed by atoms with Crippen LogP contribution in [0.15, 0.2) is 24.0 Å². The maximum absolute atomic E-state index is 12.9. The van der Waals surface area contributed by atoms with Gasteiger partial charge in [0.05, 0.1) is 17.4 Å². The number of amides is 1. The van der Waals surface area contributed by atoms with Crippen LogP contribution in [0.2, 0.25) is 0 Å². The Hall–Kier alpha value is -3.64. The molecule has 1 amide bonds. The first-order valence-electron chi connectivity index (χ1n) is 12.8. The molecule has 6 atom stereocenters. The second-order valence-corrected chi connectivity index (χ2v) is 10.5. The van der Waals surface area contributed by atoms with Crippen LogP contribution in [0.4, 0.5) is 0 Å². The molecule has 1 aliphatic heterocycles. The van der Waals surface area contributed by atoms with Crippen molar-refractivity contribution in [2.45, 2.75) is 82.3 Å². The van der Waals surface area contributed by atoms with Crippen LogP contribution in [0.25, 0.3) is 0 Å². The summed E-state index contributed by atoms with van der Waals surface area (Å²) in [5, 5.41) is 34.5. The summed E-state index contributed by atoms with van der Waals surface area (Å²) in [6.45, 7) is 6.87. The molecule has 0 spiro atoms. The molecule has 0 saturated heterocycles. The van der Waals surface area contributed by atoms with E-state index < -0.39 is 59.5 Å². The third kappa shape index (κ3) is 4.61. The van der Waals surface area contributed by atoms with Crippen molar-refractivity contribution in [3.05, 3.63) is 35.1 Å². The van der Waals surface area contributed by atoms with Gasteiger partial charge in [-0.15, -0.1) is 0 Å². The van der Waals surface area contributed by atoms with Gasteiger partial charge in [0.15, 0.2) is 23.7 Å². The van der Waals surface area contributed by atoms with Crippen molar-refractivity contribution in [3.63, 3.8) is 0 Å². The lowest BCUT2D eigenvalue weighted by molar-refractivity contribution is -0.156. The van der Waals surface area contributed by atoms with Gasteiger partial charge in [-0.1, -0.05) is 13.0 Å². The Bertz CT molecular complexity index is 1250. The number of rotatable bonds is 9. The number of carbonyl (C=O) groups excluding carboxylic acids is 3. The fourth-order valence-corrected chi connectivity index (χ4v) is 6.03. The lowest BCUT2D eigenvalue weighted by atomic mass is 9.54. The molecule has 0 unspecified atom stereocenters. The summed E-state index contributed by atoms with van der Waals surface area (Å²) in [5.74, 6) is -3.84. The van der Waals surface area contributed by atoms with E-state index in [2.05, 4.69) is 10.2 Å². The van der Waals surface area contributed by atoms with E-state index in [1.54, 1.807) is 6.08 Å². The molecule has 3 aliphatic rings. The standard InChI is InChI=1S/C27H34N2O10/c1-6-29(5)19-11-15-7-8-17(31)22-21(15)26(4)23(39-22)18(9-10-27(19,26)36)38-20(32)12-16(25(34)35)28-24(33)13(2)37-14(3)30/h7-9,13,16,19,23,31,36H,6,10-12H2,1-5H3,(H,28,33)(H,34,35)/t13-,16-,19+,23-,26-,27+/m0/s1. The number of aliphatic hydroxyl groups is 1. The Labute approximate surface area is 225 Å². The highest BCUT2D eigenvalue weighted by atomic mass is 16.6. The zero-order valence-corrected chi connectivity index (χ0v) is 22.5. The van der Waals surface area contributed by atoms with E-state index in [1.807, 2.05) is 27.0 Å². The van der Waals surface area contributed by atoms with E-state index in [4.69, 9.17) is 14.2 Å². The summed E-state index contributed by atoms with van der Waals surface area (Å²) < 4.78 is 16.5. The summed E-state index contributed by atoms with van der Waals surface area (Å²) in [5.41, 5.74) is -0.847. The van der Waals surface area contributed by atoms with Crippen molar-refractivity contribution in [3.8, 4) is 11.5 Å². The van der Waals surface area contributed by atoms with E-state index in [0.29, 0.717) is 18.5 Å². The molecule has 2 aliphatic carbocycles. The van der Waals surface area contributed by atoms with Gasteiger partial charge in [0.25, 0.3) is 5.91 Å². The summed E-state index contributed by atoms with van der Waals surface area (Å²) in [6, 6.07) is 1.41. The number of nitrogens with zero attached hydrogens (tertiary/aromatic N) is 1. The molecule has 0 radical (unpaired) electrons. The molecule has 0 aromatic heterocycles. The van der Waals surface area contributed by atoms with Crippen molar-refractivity contribution in [2.24, 2.45) is 0 Å². The van der Waals surface area contributed by atoms with Crippen LogP contribution in [0.5, 0.6) is 11.5 Å². The molecule has 39 heavy (non-hydrogen) atoms. The molecule has 0 saturated carbocycles. The number of aliphatic carboxylic acids is 1. The first kappa shape index (κ1) is 28.4. The van der Waals surface area contributed by atoms with Crippen molar-refractivity contribution in [2.75, 3.05) is 13.6 Å². The molecule has 1 aromatic rings. The number of hydrogen-bond acceptors (Lipinski definition) is 10. The number of carbonyl (C=O) groups is 4. The maximum atomic E-state index is 12.9. The van der Waals surface area contributed by atoms with Gasteiger partial charge in [0, 0.05) is 24.9 Å². The summed E-state index contributed by atoms with van der Waals surface area (Å²) in [4.78, 5) is 50.1. The first-order valence-corrected chi connectivity index (χ1v) is 12.8. The average Bonchev–Trinajstić information content (AvgIpc) is 3.20. The second-order valence-electron chi connectivity index (χ2n) is 10.5. The highest BCUT2D eigenvalue weighted by Crippen LogP contribution is 2.62. The van der Waals surface area contributed by atoms with Crippen molar-refractivity contribution < 1.29 is 48.7 Å². The van der Waals surface area contributed by atoms with Gasteiger partial charge in [0.1, 0.15) is 11.8 Å². The van der Waals surface area contributed by atoms with Gasteiger partial charge < -0.3 is 39.7 Å². The molecular weight excluding hydrogens is 512 g/mol. The van der Waals surface area contributed by atoms with Crippen LogP contribution >= 0.6 is 0 Å². The van der Waals surface area contributed by atoms with Crippen molar-refractivity contribution in [1.29, 1.82) is 0 Å². The van der Waals surface area contributed by atoms with Crippen LogP contribution in [-0.4, -0.2) is 87.5 Å². The number of likely N-dealkylation sites (N-methyl/N-ethyl adjacent to an activating group) is 1. The first-order chi connectivity index (χ1) is 18.2. The van der Waals surface area contributed by atoms with Crippen LogP contribution in [0.3, 0.4) is 0 Å². The molecule has 12 heteroatoms. The minimum Gasteiger partial charge on any atom is -0.504 e. The van der Waals surface area contributed by atoms with Gasteiger partial charge in [-0.25, -0.2) is 4.79 Å². The summed E-state index contributed by atoms with van der Waals surface area (Å²) >= 11 is 0. The van der Waals surface area contributed by atoms with Gasteiger partial charge in [-0.2, -0.15) is 0 Å². The minimum absolute atomic E-state index is 0.0808. The zero-order valence-electron chi connectivity index (χ0n) is 22.5. The topological polar surface area (TPSA) is 172 Å². The number of ether oxygens (including phenoxy) is 3. The normalized spacial score (nSPS) is 27.9. The predicted octanol–water partition coefficient (Wildman–Crippen LogP) is 0.760. The average molecular weight is 547 g/mol. The van der Waals surface area contributed by atoms with Crippen LogP contribution in [0.1, 0.15) is 51.7 Å². The number of benzene rings is 1. The molecule has 4 rings (SSSR count). The second kappa shape index (κ2) is 10.2. The number of nitrogens with one attached hydrogen (secondary N) is 1. The Morgan fingerprint density at radius 2 is 1.97 bits per heavy atom. The van der Waals surface area contributed by atoms with E-state index in [9.17, 15) is 34.5 Å². The molecule has 4 N–H and O–H groups in total. The molecular formula is C27H34N2O10. The number of hydrogen-bond donors (Lipinski definition) is 4. The molecule has 0 fully saturated rings. The minimum atomic E-state index is -1.64. The third-order valence-electron chi connectivity index (χ3n) is 8.20. The lowest BCUT2D eigenvalue weighted by Crippen LogP contribution is -2.69. The summed E-state index contributed by atoms with van der Waals surface area (Å²) in [7, 11) is 1.92. The van der Waals surface area contributed by atoms with Gasteiger partial charge in [-0.05, 0) is 51.6 Å². The fourth-order valence-electron chi connectivity index (χ4n) is 6.03. The Morgan fingerprint density at radius 3 is 2.59 bits per heavy atom. The smallest absolute Gasteiger partial charge is 0.326 e. The lowest BCUT2D eigenvalue weighted by Gasteiger charge is -2.56. The highest BCUT2D eigenvalue weighted by molar-refractivity contribution is 5.89. The van der Waals surface area contributed by atoms with E-state index in [1.165, 1.54) is 13.0 Å². The maximum Gasteiger partial charge on any atom is 0.326 e. The zero-order chi connectivity index (χ0) is 28.9. The number of aromatic hydroxyl groups is 1. The highest BCUT2D eigenvalue weighted by Gasteiger charge is 2.68. The number of phenolic OH excluding ortho intramolecular Hbond substituents is 1. The molecule has 1 heterocycles. The van der Waals surface area contributed by atoms with E-state index in [-0.39, 0.29) is 29.7 Å². The Morgan fingerprint density at radius 1 is 1.28 bits per heavy atom. The number of phenols is 1. The molecule has 0 bridgehead atoms. The number of carboxylic acid groups (broad SMARTS) is 1. The van der Waals surface area contributed by atoms with Gasteiger partial charge >= 0.3 is 17.9 Å². The van der Waals surface area contributed by atoms with E-state index in [0.717, 1.165) is 12.5 Å². The van der Waals surface area contributed by atoms with Gasteiger partial charge in [0.2, 0.25) is 0 Å². The quantitative estimate of drug-likeness (QED) is 0.322. The van der Waals surface area contributed by atoms with Crippen LogP contribution < -0.4 is 10.1 Å². The van der Waals surface area contributed by atoms with Crippen LogP contribution in [-0.2, 0) is 40.5 Å². The third-order valence-corrected chi connectivity index (χ3v) is 8.20. The SMILES string of the molecule is CCN(C)[C@@H]1Cc2ccc(O)c3c2[C@@]2(C)[C@@H](O3)C(OC(=O)C[C@H](NC(=O)[C@H](C)OC(C)=O)C(=O)O)=CC[C@@]12O. The monoisotopic (exact) mass is 546 g/mol. The molecule has 12 nitrogen and oxygen atoms in total. The Kier molecular flexibility index (Phi) is 7.39. The van der Waals surface area contributed by atoms with Gasteiger partial charge in [-0.3, -0.25) is 14.4 Å². The Balaban J connectivity index is 1.60. The van der Waals surface area contributed by atoms with Crippen molar-refractivity contribution >= 4 is 23.8 Å². The number of esters is 2. The number of carboxylic acids is 1. The van der Waals surface area contributed by atoms with Crippen molar-refractivity contribution in [1.82, 2.24) is 10.2 Å². The fraction of sp³-hybridized carbons (Fsp3) is 0.556. The van der Waals surface area contributed by atoms with E-state index >= 15 is 0 Å². The van der Waals surface area contributed by atoms with Crippen LogP contribution in [0, 0.1) is 0 Å². The predicted molar refractivity (Wildman–Crippen MR) is 135 cm³/mol. The summed E-state index contributed by atoms with van der Waals surface area (Å²) in [6.07, 6.45) is -0.739. The molecule has 212 valence electrons. The molecule has 1 aromatic carbocycles.